The van der Waals surface area contributed by atoms with Crippen LogP contribution in [0.1, 0.15) is 30.4 Å². The lowest BCUT2D eigenvalue weighted by Crippen LogP contribution is -2.43. The standard InChI is InChI=1S/C25H32N2O6/c1-18-8-6-10-20(14-18)32-16-23(28)26-13-5-4-12-22(25(30)31-3)27-24(29)17-33-21-11-7-9-19(2)15-21/h6-11,14-15,22H,4-5,12-13,16-17H2,1-3H3,(H,26,28)(H,27,29)/t22-/m1/s1. The molecule has 0 aromatic heterocycles. The van der Waals surface area contributed by atoms with E-state index in [1.54, 1.807) is 12.1 Å². The third-order valence-corrected chi connectivity index (χ3v) is 4.78. The Balaban J connectivity index is 1.66. The molecule has 2 aromatic carbocycles. The molecule has 0 aliphatic heterocycles. The zero-order chi connectivity index (χ0) is 24.1. The Hall–Kier alpha value is -3.55. The summed E-state index contributed by atoms with van der Waals surface area (Å²) in [5.74, 6) is 0.0840. The summed E-state index contributed by atoms with van der Waals surface area (Å²) in [4.78, 5) is 36.2. The third-order valence-electron chi connectivity index (χ3n) is 4.78. The maximum Gasteiger partial charge on any atom is 0.328 e. The number of carbonyl (C=O) groups is 3. The van der Waals surface area contributed by atoms with Gasteiger partial charge in [0.2, 0.25) is 0 Å². The molecule has 0 saturated heterocycles. The molecular weight excluding hydrogens is 424 g/mol. The Morgan fingerprint density at radius 3 is 1.97 bits per heavy atom. The predicted molar refractivity (Wildman–Crippen MR) is 124 cm³/mol. The average molecular weight is 457 g/mol. The van der Waals surface area contributed by atoms with E-state index in [4.69, 9.17) is 14.2 Å². The van der Waals surface area contributed by atoms with E-state index in [0.717, 1.165) is 11.1 Å². The lowest BCUT2D eigenvalue weighted by atomic mass is 10.1. The number of unbranched alkanes of at least 4 members (excludes halogenated alkanes) is 1. The first-order valence-electron chi connectivity index (χ1n) is 10.9. The molecule has 2 aromatic rings. The van der Waals surface area contributed by atoms with Gasteiger partial charge in [-0.1, -0.05) is 24.3 Å². The number of hydrogen-bond acceptors (Lipinski definition) is 6. The lowest BCUT2D eigenvalue weighted by molar-refractivity contribution is -0.145. The highest BCUT2D eigenvalue weighted by Crippen LogP contribution is 2.13. The Morgan fingerprint density at radius 1 is 0.848 bits per heavy atom. The Labute approximate surface area is 194 Å². The molecule has 0 radical (unpaired) electrons. The fraction of sp³-hybridized carbons (Fsp3) is 0.400. The first-order chi connectivity index (χ1) is 15.9. The smallest absolute Gasteiger partial charge is 0.328 e. The molecular formula is C25H32N2O6. The van der Waals surface area contributed by atoms with Crippen molar-refractivity contribution in [2.75, 3.05) is 26.9 Å². The highest BCUT2D eigenvalue weighted by Gasteiger charge is 2.21. The van der Waals surface area contributed by atoms with Gasteiger partial charge in [0.15, 0.2) is 13.2 Å². The minimum absolute atomic E-state index is 0.0643. The molecule has 0 bridgehead atoms. The van der Waals surface area contributed by atoms with Gasteiger partial charge in [-0.2, -0.15) is 0 Å². The van der Waals surface area contributed by atoms with Gasteiger partial charge in [0.05, 0.1) is 7.11 Å². The maximum atomic E-state index is 12.2. The second kappa shape index (κ2) is 13.8. The minimum atomic E-state index is -0.774. The zero-order valence-corrected chi connectivity index (χ0v) is 19.4. The van der Waals surface area contributed by atoms with E-state index in [2.05, 4.69) is 10.6 Å². The number of rotatable bonds is 13. The summed E-state index contributed by atoms with van der Waals surface area (Å²) in [6, 6.07) is 14.1. The second-order valence-corrected chi connectivity index (χ2v) is 7.70. The number of amides is 2. The molecule has 0 heterocycles. The van der Waals surface area contributed by atoms with Crippen molar-refractivity contribution in [2.45, 2.75) is 39.2 Å². The van der Waals surface area contributed by atoms with Crippen LogP contribution < -0.4 is 20.1 Å². The quantitative estimate of drug-likeness (QED) is 0.355. The van der Waals surface area contributed by atoms with Crippen LogP contribution in [0.2, 0.25) is 0 Å². The summed E-state index contributed by atoms with van der Waals surface area (Å²) < 4.78 is 15.7. The van der Waals surface area contributed by atoms with E-state index in [0.29, 0.717) is 37.3 Å². The van der Waals surface area contributed by atoms with Crippen LogP contribution in [0, 0.1) is 13.8 Å². The van der Waals surface area contributed by atoms with Gasteiger partial charge < -0.3 is 24.8 Å². The van der Waals surface area contributed by atoms with Gasteiger partial charge >= 0.3 is 5.97 Å². The highest BCUT2D eigenvalue weighted by molar-refractivity contribution is 5.85. The van der Waals surface area contributed by atoms with Gasteiger partial charge in [-0.05, 0) is 68.5 Å². The molecule has 33 heavy (non-hydrogen) atoms. The summed E-state index contributed by atoms with van der Waals surface area (Å²) in [5.41, 5.74) is 2.08. The van der Waals surface area contributed by atoms with Crippen LogP contribution in [0.25, 0.3) is 0 Å². The van der Waals surface area contributed by atoms with Gasteiger partial charge in [-0.3, -0.25) is 9.59 Å². The highest BCUT2D eigenvalue weighted by atomic mass is 16.5. The van der Waals surface area contributed by atoms with E-state index < -0.39 is 17.9 Å². The molecule has 2 N–H and O–H groups in total. The molecule has 0 unspecified atom stereocenters. The van der Waals surface area contributed by atoms with Crippen molar-refractivity contribution < 1.29 is 28.6 Å². The van der Waals surface area contributed by atoms with E-state index in [1.807, 2.05) is 50.2 Å². The second-order valence-electron chi connectivity index (χ2n) is 7.70. The molecule has 1 atom stereocenters. The van der Waals surface area contributed by atoms with Gasteiger partial charge in [-0.25, -0.2) is 4.79 Å². The number of ether oxygens (including phenoxy) is 3. The monoisotopic (exact) mass is 456 g/mol. The van der Waals surface area contributed by atoms with Gasteiger partial charge in [0.1, 0.15) is 17.5 Å². The van der Waals surface area contributed by atoms with Crippen molar-refractivity contribution >= 4 is 17.8 Å². The number of benzene rings is 2. The van der Waals surface area contributed by atoms with E-state index in [-0.39, 0.29) is 19.1 Å². The molecule has 8 nitrogen and oxygen atoms in total. The molecule has 178 valence electrons. The Bertz CT molecular complexity index is 931. The summed E-state index contributed by atoms with van der Waals surface area (Å²) in [6.07, 6.45) is 1.63. The topological polar surface area (TPSA) is 103 Å². The molecule has 0 fully saturated rings. The van der Waals surface area contributed by atoms with Crippen LogP contribution in [0.15, 0.2) is 48.5 Å². The summed E-state index contributed by atoms with van der Waals surface area (Å²) in [6.45, 7) is 4.06. The number of hydrogen-bond donors (Lipinski definition) is 2. The van der Waals surface area contributed by atoms with Crippen molar-refractivity contribution in [3.05, 3.63) is 59.7 Å². The molecule has 2 rings (SSSR count). The van der Waals surface area contributed by atoms with E-state index >= 15 is 0 Å². The van der Waals surface area contributed by atoms with Crippen molar-refractivity contribution in [2.24, 2.45) is 0 Å². The Kier molecular flexibility index (Phi) is 10.7. The Morgan fingerprint density at radius 2 is 1.42 bits per heavy atom. The van der Waals surface area contributed by atoms with Crippen LogP contribution in [0.4, 0.5) is 0 Å². The normalized spacial score (nSPS) is 11.2. The zero-order valence-electron chi connectivity index (χ0n) is 19.4. The summed E-state index contributed by atoms with van der Waals surface area (Å²) in [7, 11) is 1.28. The van der Waals surface area contributed by atoms with Crippen LogP contribution in [-0.2, 0) is 19.1 Å². The third kappa shape index (κ3) is 10.1. The number of aryl methyl sites for hydroxylation is 2. The molecule has 0 spiro atoms. The van der Waals surface area contributed by atoms with Crippen molar-refractivity contribution in [1.29, 1.82) is 0 Å². The summed E-state index contributed by atoms with van der Waals surface area (Å²) >= 11 is 0. The van der Waals surface area contributed by atoms with Crippen molar-refractivity contribution in [1.82, 2.24) is 10.6 Å². The molecule has 8 heteroatoms. The predicted octanol–water partition coefficient (Wildman–Crippen LogP) is 2.71. The minimum Gasteiger partial charge on any atom is -0.484 e. The number of carbonyl (C=O) groups excluding carboxylic acids is 3. The van der Waals surface area contributed by atoms with Crippen molar-refractivity contribution in [3.8, 4) is 11.5 Å². The SMILES string of the molecule is COC(=O)[C@@H](CCCCNC(=O)COc1cccc(C)c1)NC(=O)COc1cccc(C)c1. The largest absolute Gasteiger partial charge is 0.484 e. The number of esters is 1. The fourth-order valence-corrected chi connectivity index (χ4v) is 3.09. The molecule has 0 aliphatic carbocycles. The van der Waals surface area contributed by atoms with Crippen LogP contribution in [0.3, 0.4) is 0 Å². The number of nitrogens with one attached hydrogen (secondary N) is 2. The van der Waals surface area contributed by atoms with Crippen LogP contribution in [0.5, 0.6) is 11.5 Å². The van der Waals surface area contributed by atoms with Crippen LogP contribution >= 0.6 is 0 Å². The molecule has 2 amide bonds. The lowest BCUT2D eigenvalue weighted by Gasteiger charge is -2.17. The van der Waals surface area contributed by atoms with E-state index in [9.17, 15) is 14.4 Å². The van der Waals surface area contributed by atoms with Gasteiger partial charge in [0.25, 0.3) is 11.8 Å². The summed E-state index contributed by atoms with van der Waals surface area (Å²) in [5, 5.41) is 5.43. The van der Waals surface area contributed by atoms with Crippen LogP contribution in [-0.4, -0.2) is 50.7 Å². The van der Waals surface area contributed by atoms with Gasteiger partial charge in [-0.15, -0.1) is 0 Å². The first kappa shape index (κ1) is 25.7. The van der Waals surface area contributed by atoms with Crippen molar-refractivity contribution in [3.63, 3.8) is 0 Å². The average Bonchev–Trinajstić information content (AvgIpc) is 2.80. The molecule has 0 aliphatic rings. The molecule has 0 saturated carbocycles. The maximum absolute atomic E-state index is 12.2. The fourth-order valence-electron chi connectivity index (χ4n) is 3.09. The van der Waals surface area contributed by atoms with Gasteiger partial charge in [0, 0.05) is 6.54 Å². The first-order valence-corrected chi connectivity index (χ1v) is 10.9. The van der Waals surface area contributed by atoms with E-state index in [1.165, 1.54) is 7.11 Å². The number of methoxy groups -OCH3 is 1.